The van der Waals surface area contributed by atoms with Crippen molar-refractivity contribution in [2.75, 3.05) is 6.61 Å². The van der Waals surface area contributed by atoms with Crippen molar-refractivity contribution in [2.24, 2.45) is 0 Å². The predicted molar refractivity (Wildman–Crippen MR) is 156 cm³/mol. The van der Waals surface area contributed by atoms with Gasteiger partial charge in [0.25, 0.3) is 0 Å². The second kappa shape index (κ2) is 16.0. The SMILES string of the molecule is CCCCCCCCC(C)(F)C(=O)Oc1ccc(-c2cnc(-c3ccc(OCCCCCC)c(F)c3)nc2)cc1. The molecule has 0 saturated carbocycles. The molecule has 0 amide bonds. The molecule has 3 rings (SSSR count). The molecule has 0 spiro atoms. The van der Waals surface area contributed by atoms with Gasteiger partial charge in [-0.3, -0.25) is 0 Å². The van der Waals surface area contributed by atoms with Gasteiger partial charge >= 0.3 is 5.97 Å². The van der Waals surface area contributed by atoms with Crippen molar-refractivity contribution in [3.05, 3.63) is 60.7 Å². The Labute approximate surface area is 237 Å². The predicted octanol–water partition coefficient (Wildman–Crippen LogP) is 9.29. The molecule has 0 aliphatic rings. The third-order valence-electron chi connectivity index (χ3n) is 6.92. The number of aromatic nitrogens is 2. The van der Waals surface area contributed by atoms with Gasteiger partial charge in [-0.05, 0) is 62.1 Å². The molecule has 1 unspecified atom stereocenters. The highest BCUT2D eigenvalue weighted by Gasteiger charge is 2.34. The molecular formula is C33H42F2N2O3. The molecule has 0 N–H and O–H groups in total. The maximum atomic E-state index is 14.9. The van der Waals surface area contributed by atoms with Crippen LogP contribution < -0.4 is 9.47 Å². The molecule has 1 heterocycles. The Bertz CT molecular complexity index is 1180. The van der Waals surface area contributed by atoms with E-state index >= 15 is 0 Å². The van der Waals surface area contributed by atoms with Crippen molar-refractivity contribution < 1.29 is 23.0 Å². The lowest BCUT2D eigenvalue weighted by Crippen LogP contribution is -2.34. The van der Waals surface area contributed by atoms with E-state index < -0.39 is 17.5 Å². The quantitative estimate of drug-likeness (QED) is 0.0949. The molecule has 40 heavy (non-hydrogen) atoms. The average molecular weight is 553 g/mol. The van der Waals surface area contributed by atoms with Gasteiger partial charge in [-0.25, -0.2) is 23.5 Å². The van der Waals surface area contributed by atoms with E-state index in [1.54, 1.807) is 48.8 Å². The summed E-state index contributed by atoms with van der Waals surface area (Å²) in [6.07, 6.45) is 13.8. The van der Waals surface area contributed by atoms with Gasteiger partial charge in [0, 0.05) is 23.5 Å². The highest BCUT2D eigenvalue weighted by molar-refractivity contribution is 5.81. The Morgan fingerprint density at radius 1 is 0.800 bits per heavy atom. The molecule has 0 aliphatic carbocycles. The zero-order valence-corrected chi connectivity index (χ0v) is 24.1. The summed E-state index contributed by atoms with van der Waals surface area (Å²) in [5.74, 6) is -0.409. The lowest BCUT2D eigenvalue weighted by atomic mass is 9.99. The smallest absolute Gasteiger partial charge is 0.348 e. The molecule has 7 heteroatoms. The average Bonchev–Trinajstić information content (AvgIpc) is 2.96. The second-order valence-corrected chi connectivity index (χ2v) is 10.5. The van der Waals surface area contributed by atoms with Crippen molar-refractivity contribution in [1.29, 1.82) is 0 Å². The largest absolute Gasteiger partial charge is 0.491 e. The number of rotatable bonds is 17. The summed E-state index contributed by atoms with van der Waals surface area (Å²) in [7, 11) is 0. The van der Waals surface area contributed by atoms with Crippen LogP contribution in [0.3, 0.4) is 0 Å². The van der Waals surface area contributed by atoms with Crippen molar-refractivity contribution in [2.45, 2.75) is 97.1 Å². The van der Waals surface area contributed by atoms with Gasteiger partial charge < -0.3 is 9.47 Å². The van der Waals surface area contributed by atoms with Gasteiger partial charge in [0.15, 0.2) is 17.4 Å². The number of carbonyl (C=O) groups excluding carboxylic acids is 1. The lowest BCUT2D eigenvalue weighted by molar-refractivity contribution is -0.147. The molecule has 5 nitrogen and oxygen atoms in total. The minimum absolute atomic E-state index is 0.151. The first kappa shape index (κ1) is 31.2. The number of benzene rings is 2. The van der Waals surface area contributed by atoms with Gasteiger partial charge in [0.2, 0.25) is 5.67 Å². The molecule has 1 aromatic heterocycles. The zero-order valence-electron chi connectivity index (χ0n) is 24.1. The van der Waals surface area contributed by atoms with E-state index in [2.05, 4.69) is 23.8 Å². The third kappa shape index (κ3) is 9.68. The molecule has 0 saturated heterocycles. The first-order valence-electron chi connectivity index (χ1n) is 14.6. The Kier molecular flexibility index (Phi) is 12.5. The number of hydrogen-bond acceptors (Lipinski definition) is 5. The van der Waals surface area contributed by atoms with Gasteiger partial charge in [0.1, 0.15) is 5.75 Å². The first-order valence-corrected chi connectivity index (χ1v) is 14.6. The molecule has 1 atom stereocenters. The Morgan fingerprint density at radius 2 is 1.40 bits per heavy atom. The number of hydrogen-bond donors (Lipinski definition) is 0. The van der Waals surface area contributed by atoms with Crippen LogP contribution >= 0.6 is 0 Å². The van der Waals surface area contributed by atoms with Crippen molar-refractivity contribution in [3.8, 4) is 34.0 Å². The fourth-order valence-electron chi connectivity index (χ4n) is 4.36. The third-order valence-corrected chi connectivity index (χ3v) is 6.92. The van der Waals surface area contributed by atoms with Gasteiger partial charge in [-0.15, -0.1) is 0 Å². The number of halogens is 2. The highest BCUT2D eigenvalue weighted by atomic mass is 19.1. The summed E-state index contributed by atoms with van der Waals surface area (Å²) >= 11 is 0. The minimum atomic E-state index is -2.02. The van der Waals surface area contributed by atoms with Crippen LogP contribution in [0, 0.1) is 5.82 Å². The van der Waals surface area contributed by atoms with E-state index in [0.29, 0.717) is 24.4 Å². The molecule has 0 aliphatic heterocycles. The zero-order chi connectivity index (χ0) is 28.8. The number of carbonyl (C=O) groups is 1. The summed E-state index contributed by atoms with van der Waals surface area (Å²) in [6.45, 7) is 6.08. The van der Waals surface area contributed by atoms with E-state index in [1.807, 2.05) is 0 Å². The van der Waals surface area contributed by atoms with Crippen molar-refractivity contribution in [1.82, 2.24) is 9.97 Å². The Morgan fingerprint density at radius 3 is 2.05 bits per heavy atom. The number of nitrogens with zero attached hydrogens (tertiary/aromatic N) is 2. The maximum Gasteiger partial charge on any atom is 0.348 e. The topological polar surface area (TPSA) is 61.3 Å². The summed E-state index contributed by atoms with van der Waals surface area (Å²) in [4.78, 5) is 21.2. The summed E-state index contributed by atoms with van der Waals surface area (Å²) < 4.78 is 40.3. The molecule has 2 aromatic carbocycles. The van der Waals surface area contributed by atoms with Crippen LogP contribution in [-0.4, -0.2) is 28.2 Å². The molecule has 0 fully saturated rings. The maximum absolute atomic E-state index is 14.9. The fraction of sp³-hybridized carbons (Fsp3) is 0.485. The second-order valence-electron chi connectivity index (χ2n) is 10.5. The molecular weight excluding hydrogens is 510 g/mol. The summed E-state index contributed by atoms with van der Waals surface area (Å²) in [5, 5.41) is 0. The van der Waals surface area contributed by atoms with Crippen LogP contribution in [0.4, 0.5) is 8.78 Å². The minimum Gasteiger partial charge on any atom is -0.491 e. The van der Waals surface area contributed by atoms with Crippen LogP contribution in [0.1, 0.15) is 91.4 Å². The standard InChI is InChI=1S/C33H42F2N2O3/c1-4-6-8-10-11-12-20-33(3,35)32(38)40-28-17-14-25(15-18-28)27-23-36-31(37-24-27)26-16-19-30(29(34)22-26)39-21-13-9-7-5-2/h14-19,22-24H,4-13,20-21H2,1-3H3. The van der Waals surface area contributed by atoms with Crippen LogP contribution in [0.15, 0.2) is 54.9 Å². The Balaban J connectivity index is 1.53. The Hall–Kier alpha value is -3.35. The van der Waals surface area contributed by atoms with Crippen LogP contribution in [0.25, 0.3) is 22.5 Å². The summed E-state index contributed by atoms with van der Waals surface area (Å²) in [6, 6.07) is 11.5. The van der Waals surface area contributed by atoms with Crippen LogP contribution in [0.2, 0.25) is 0 Å². The highest BCUT2D eigenvalue weighted by Crippen LogP contribution is 2.28. The molecule has 0 radical (unpaired) electrons. The first-order chi connectivity index (χ1) is 19.3. The monoisotopic (exact) mass is 552 g/mol. The van der Waals surface area contributed by atoms with Crippen molar-refractivity contribution >= 4 is 5.97 Å². The normalized spacial score (nSPS) is 12.6. The molecule has 216 valence electrons. The van der Waals surface area contributed by atoms with E-state index in [1.165, 1.54) is 19.4 Å². The number of unbranched alkanes of at least 4 members (excludes halogenated alkanes) is 8. The summed E-state index contributed by atoms with van der Waals surface area (Å²) in [5.41, 5.74) is 0.0813. The van der Waals surface area contributed by atoms with Gasteiger partial charge in [0.05, 0.1) is 6.61 Å². The molecule has 3 aromatic rings. The lowest BCUT2D eigenvalue weighted by Gasteiger charge is -2.18. The van der Waals surface area contributed by atoms with E-state index in [-0.39, 0.29) is 17.9 Å². The molecule has 0 bridgehead atoms. The van der Waals surface area contributed by atoms with Gasteiger partial charge in [-0.2, -0.15) is 0 Å². The van der Waals surface area contributed by atoms with Crippen LogP contribution in [0.5, 0.6) is 11.5 Å². The van der Waals surface area contributed by atoms with E-state index in [0.717, 1.165) is 62.5 Å². The number of esters is 1. The fourth-order valence-corrected chi connectivity index (χ4v) is 4.36. The van der Waals surface area contributed by atoms with Gasteiger partial charge in [-0.1, -0.05) is 77.3 Å². The number of alkyl halides is 1. The van der Waals surface area contributed by atoms with Crippen LogP contribution in [-0.2, 0) is 4.79 Å². The van der Waals surface area contributed by atoms with E-state index in [9.17, 15) is 13.6 Å². The van der Waals surface area contributed by atoms with Crippen molar-refractivity contribution in [3.63, 3.8) is 0 Å². The number of ether oxygens (including phenoxy) is 2. The van der Waals surface area contributed by atoms with E-state index in [4.69, 9.17) is 9.47 Å².